The molecule has 3 atom stereocenters. The van der Waals surface area contributed by atoms with Crippen LogP contribution in [0.3, 0.4) is 0 Å². The molecule has 0 spiro atoms. The Morgan fingerprint density at radius 2 is 1.75 bits per heavy atom. The van der Waals surface area contributed by atoms with Crippen molar-refractivity contribution in [3.8, 4) is 0 Å². The van der Waals surface area contributed by atoms with E-state index in [2.05, 4.69) is 33.0 Å². The SMILES string of the molecule is CC(C)CSCC(C)NC(C)CCS(C)=O. The molecule has 2 nitrogen and oxygen atoms in total. The number of hydrogen-bond acceptors (Lipinski definition) is 3. The lowest BCUT2D eigenvalue weighted by molar-refractivity contribution is 0.484. The molecule has 0 aromatic heterocycles. The van der Waals surface area contributed by atoms with E-state index >= 15 is 0 Å². The van der Waals surface area contributed by atoms with Crippen molar-refractivity contribution < 1.29 is 4.21 Å². The zero-order valence-corrected chi connectivity index (χ0v) is 12.9. The first-order chi connectivity index (χ1) is 7.41. The molecule has 16 heavy (non-hydrogen) atoms. The first-order valence-electron chi connectivity index (χ1n) is 6.05. The second-order valence-corrected chi connectivity index (χ2v) is 7.60. The Hall–Kier alpha value is 0.460. The smallest absolute Gasteiger partial charge is 0.0246 e. The van der Waals surface area contributed by atoms with Crippen molar-refractivity contribution in [2.24, 2.45) is 5.92 Å². The van der Waals surface area contributed by atoms with E-state index in [1.54, 1.807) is 6.26 Å². The molecule has 0 saturated heterocycles. The first kappa shape index (κ1) is 16.5. The molecule has 1 N–H and O–H groups in total. The van der Waals surface area contributed by atoms with E-state index < -0.39 is 10.8 Å². The molecule has 0 radical (unpaired) electrons. The Kier molecular flexibility index (Phi) is 9.76. The van der Waals surface area contributed by atoms with Crippen LogP contribution in [0.4, 0.5) is 0 Å². The summed E-state index contributed by atoms with van der Waals surface area (Å²) in [5.74, 6) is 3.98. The van der Waals surface area contributed by atoms with Crippen molar-refractivity contribution in [2.75, 3.05) is 23.5 Å². The Labute approximate surface area is 108 Å². The molecule has 0 fully saturated rings. The fourth-order valence-electron chi connectivity index (χ4n) is 1.44. The standard InChI is InChI=1S/C12H27NOS2/c1-10(2)8-15-9-12(4)13-11(3)6-7-16(5)14/h10-13H,6-9H2,1-5H3. The molecule has 0 bridgehead atoms. The van der Waals surface area contributed by atoms with E-state index in [1.165, 1.54) is 5.75 Å². The van der Waals surface area contributed by atoms with Crippen LogP contribution in [0.15, 0.2) is 0 Å². The molecule has 0 saturated carbocycles. The van der Waals surface area contributed by atoms with Crippen molar-refractivity contribution in [3.05, 3.63) is 0 Å². The molecular formula is C12H27NOS2. The quantitative estimate of drug-likeness (QED) is 0.694. The van der Waals surface area contributed by atoms with E-state index in [0.717, 1.165) is 23.8 Å². The maximum atomic E-state index is 11.0. The normalized spacial score (nSPS) is 17.4. The van der Waals surface area contributed by atoms with Crippen LogP contribution in [0.5, 0.6) is 0 Å². The van der Waals surface area contributed by atoms with Crippen molar-refractivity contribution >= 4 is 22.6 Å². The van der Waals surface area contributed by atoms with Gasteiger partial charge in [0, 0.05) is 40.6 Å². The zero-order chi connectivity index (χ0) is 12.6. The first-order valence-corrected chi connectivity index (χ1v) is 8.93. The van der Waals surface area contributed by atoms with Crippen molar-refractivity contribution in [2.45, 2.75) is 46.2 Å². The third-order valence-corrected chi connectivity index (χ3v) is 4.68. The molecule has 4 heteroatoms. The molecule has 0 aliphatic heterocycles. The topological polar surface area (TPSA) is 29.1 Å². The Morgan fingerprint density at radius 3 is 2.25 bits per heavy atom. The molecule has 0 amide bonds. The molecule has 0 aromatic rings. The Morgan fingerprint density at radius 1 is 1.12 bits per heavy atom. The molecule has 0 heterocycles. The van der Waals surface area contributed by atoms with Gasteiger partial charge in [-0.1, -0.05) is 13.8 Å². The minimum absolute atomic E-state index is 0.471. The van der Waals surface area contributed by atoms with Crippen LogP contribution in [-0.4, -0.2) is 39.8 Å². The number of rotatable bonds is 9. The van der Waals surface area contributed by atoms with E-state index in [1.807, 2.05) is 11.8 Å². The average Bonchev–Trinajstić information content (AvgIpc) is 2.14. The summed E-state index contributed by atoms with van der Waals surface area (Å²) in [5.41, 5.74) is 0. The predicted octanol–water partition coefficient (Wildman–Crippen LogP) is 2.51. The fourth-order valence-corrected chi connectivity index (χ4v) is 3.18. The summed E-state index contributed by atoms with van der Waals surface area (Å²) in [6.45, 7) is 8.91. The van der Waals surface area contributed by atoms with Gasteiger partial charge in [-0.25, -0.2) is 0 Å². The zero-order valence-electron chi connectivity index (χ0n) is 11.3. The van der Waals surface area contributed by atoms with Crippen LogP contribution in [0.1, 0.15) is 34.1 Å². The number of nitrogens with one attached hydrogen (secondary N) is 1. The highest BCUT2D eigenvalue weighted by Gasteiger charge is 2.08. The van der Waals surface area contributed by atoms with Gasteiger partial charge in [0.1, 0.15) is 0 Å². The molecule has 0 aromatic carbocycles. The van der Waals surface area contributed by atoms with Crippen molar-refractivity contribution in [1.29, 1.82) is 0 Å². The highest BCUT2D eigenvalue weighted by Crippen LogP contribution is 2.09. The van der Waals surface area contributed by atoms with Gasteiger partial charge in [0.2, 0.25) is 0 Å². The van der Waals surface area contributed by atoms with Gasteiger partial charge in [-0.3, -0.25) is 4.21 Å². The summed E-state index contributed by atoms with van der Waals surface area (Å²) in [7, 11) is -0.658. The second-order valence-electron chi connectivity index (χ2n) is 4.97. The van der Waals surface area contributed by atoms with Crippen LogP contribution in [-0.2, 0) is 10.8 Å². The van der Waals surface area contributed by atoms with Crippen LogP contribution in [0.2, 0.25) is 0 Å². The summed E-state index contributed by atoms with van der Waals surface area (Å²) in [5, 5.41) is 3.55. The fraction of sp³-hybridized carbons (Fsp3) is 1.00. The summed E-state index contributed by atoms with van der Waals surface area (Å²) in [4.78, 5) is 0. The van der Waals surface area contributed by atoms with Gasteiger partial charge in [0.25, 0.3) is 0 Å². The van der Waals surface area contributed by atoms with Crippen LogP contribution < -0.4 is 5.32 Å². The molecule has 3 unspecified atom stereocenters. The van der Waals surface area contributed by atoms with Gasteiger partial charge in [-0.15, -0.1) is 0 Å². The van der Waals surface area contributed by atoms with Gasteiger partial charge in [-0.05, 0) is 31.9 Å². The minimum Gasteiger partial charge on any atom is -0.311 e. The average molecular weight is 265 g/mol. The van der Waals surface area contributed by atoms with Crippen molar-refractivity contribution in [1.82, 2.24) is 5.32 Å². The number of hydrogen-bond donors (Lipinski definition) is 1. The largest absolute Gasteiger partial charge is 0.311 e. The second kappa shape index (κ2) is 9.49. The maximum absolute atomic E-state index is 11.0. The highest BCUT2D eigenvalue weighted by atomic mass is 32.2. The monoisotopic (exact) mass is 265 g/mol. The van der Waals surface area contributed by atoms with E-state index in [9.17, 15) is 4.21 Å². The summed E-state index contributed by atoms with van der Waals surface area (Å²) in [6.07, 6.45) is 2.77. The van der Waals surface area contributed by atoms with Gasteiger partial charge >= 0.3 is 0 Å². The van der Waals surface area contributed by atoms with E-state index in [4.69, 9.17) is 0 Å². The third kappa shape index (κ3) is 11.0. The summed E-state index contributed by atoms with van der Waals surface area (Å²) >= 11 is 2.01. The molecule has 0 rings (SSSR count). The molecule has 98 valence electrons. The van der Waals surface area contributed by atoms with Crippen LogP contribution in [0, 0.1) is 5.92 Å². The maximum Gasteiger partial charge on any atom is 0.0246 e. The highest BCUT2D eigenvalue weighted by molar-refractivity contribution is 7.99. The minimum atomic E-state index is -0.658. The third-order valence-electron chi connectivity index (χ3n) is 2.23. The van der Waals surface area contributed by atoms with Gasteiger partial charge < -0.3 is 5.32 Å². The van der Waals surface area contributed by atoms with Crippen LogP contribution >= 0.6 is 11.8 Å². The van der Waals surface area contributed by atoms with E-state index in [0.29, 0.717) is 12.1 Å². The molecule has 0 aliphatic rings. The lowest BCUT2D eigenvalue weighted by Gasteiger charge is -2.19. The Balaban J connectivity index is 3.53. The summed E-state index contributed by atoms with van der Waals surface area (Å²) in [6, 6.07) is 1.02. The van der Waals surface area contributed by atoms with Crippen molar-refractivity contribution in [3.63, 3.8) is 0 Å². The van der Waals surface area contributed by atoms with Gasteiger partial charge in [0.05, 0.1) is 0 Å². The lowest BCUT2D eigenvalue weighted by Crippen LogP contribution is -2.37. The van der Waals surface area contributed by atoms with Crippen LogP contribution in [0.25, 0.3) is 0 Å². The Bertz CT molecular complexity index is 197. The van der Waals surface area contributed by atoms with Gasteiger partial charge in [0.15, 0.2) is 0 Å². The predicted molar refractivity (Wildman–Crippen MR) is 77.8 cm³/mol. The molecular weight excluding hydrogens is 238 g/mol. The summed E-state index contributed by atoms with van der Waals surface area (Å²) < 4.78 is 11.0. The van der Waals surface area contributed by atoms with Gasteiger partial charge in [-0.2, -0.15) is 11.8 Å². The lowest BCUT2D eigenvalue weighted by atomic mass is 10.2. The molecule has 0 aliphatic carbocycles. The number of thioether (sulfide) groups is 1. The van der Waals surface area contributed by atoms with E-state index in [-0.39, 0.29) is 0 Å².